The fraction of sp³-hybridized carbons (Fsp3) is 0.500. The maximum atomic E-state index is 12.6. The second-order valence-electron chi connectivity index (χ2n) is 7.42. The van der Waals surface area contributed by atoms with Gasteiger partial charge >= 0.3 is 6.18 Å². The second kappa shape index (κ2) is 8.24. The van der Waals surface area contributed by atoms with Gasteiger partial charge in [-0.1, -0.05) is 11.6 Å². The summed E-state index contributed by atoms with van der Waals surface area (Å²) in [6.45, 7) is 3.16. The molecule has 0 amide bonds. The summed E-state index contributed by atoms with van der Waals surface area (Å²) in [6.07, 6.45) is -2.74. The summed E-state index contributed by atoms with van der Waals surface area (Å²) in [5, 5.41) is 1.62. The number of thiazole rings is 1. The van der Waals surface area contributed by atoms with Gasteiger partial charge in [-0.05, 0) is 51.1 Å². The average Bonchev–Trinajstić information content (AvgIpc) is 3.42. The van der Waals surface area contributed by atoms with Crippen molar-refractivity contribution in [2.75, 3.05) is 26.2 Å². The van der Waals surface area contributed by atoms with Crippen LogP contribution < -0.4 is 4.74 Å². The van der Waals surface area contributed by atoms with Crippen LogP contribution in [0.1, 0.15) is 39.9 Å². The first kappa shape index (κ1) is 20.6. The van der Waals surface area contributed by atoms with E-state index in [-0.39, 0.29) is 5.92 Å². The Bertz CT molecular complexity index is 920. The summed E-state index contributed by atoms with van der Waals surface area (Å²) in [7, 11) is 0. The maximum Gasteiger partial charge on any atom is 0.401 e. The summed E-state index contributed by atoms with van der Waals surface area (Å²) < 4.78 is 43.5. The van der Waals surface area contributed by atoms with Crippen LogP contribution in [0.25, 0.3) is 0 Å². The summed E-state index contributed by atoms with van der Waals surface area (Å²) in [6, 6.07) is 5.60. The topological polar surface area (TPSA) is 37.7 Å². The molecule has 1 aromatic carbocycles. The number of alkyl halides is 3. The Kier molecular flexibility index (Phi) is 5.86. The monoisotopic (exact) mass is 443 g/mol. The quantitative estimate of drug-likeness (QED) is 0.613. The normalized spacial score (nSPS) is 18.0. The maximum absolute atomic E-state index is 12.6. The highest BCUT2D eigenvalue weighted by Crippen LogP contribution is 2.34. The molecule has 0 spiro atoms. The third-order valence-electron chi connectivity index (χ3n) is 5.19. The highest BCUT2D eigenvalue weighted by molar-refractivity contribution is 7.11. The Labute approximate surface area is 176 Å². The lowest BCUT2D eigenvalue weighted by Gasteiger charge is -2.31. The predicted molar refractivity (Wildman–Crippen MR) is 109 cm³/mol. The van der Waals surface area contributed by atoms with E-state index in [0.29, 0.717) is 43.3 Å². The standard InChI is InChI=1S/C20H21ClF3N3OS/c1-12-18(10-28-14-2-3-15(16(21)8-14)17-9-25-17)29-19(26-12)13-4-6-27(7-5-13)11-20(22,23)24/h2-3,8,13H,4-7,9-11H2,1H3. The minimum Gasteiger partial charge on any atom is -0.488 e. The van der Waals surface area contributed by atoms with E-state index in [9.17, 15) is 13.2 Å². The molecule has 1 aromatic heterocycles. The molecule has 3 heterocycles. The molecule has 0 N–H and O–H groups in total. The van der Waals surface area contributed by atoms with Gasteiger partial charge in [0.25, 0.3) is 0 Å². The van der Waals surface area contributed by atoms with E-state index >= 15 is 0 Å². The Morgan fingerprint density at radius 2 is 2.00 bits per heavy atom. The first-order valence-electron chi connectivity index (χ1n) is 9.50. The van der Waals surface area contributed by atoms with Crippen LogP contribution in [0.4, 0.5) is 13.2 Å². The fourth-order valence-electron chi connectivity index (χ4n) is 3.53. The molecule has 4 nitrogen and oxygen atoms in total. The molecular formula is C20H21ClF3N3OS. The predicted octanol–water partition coefficient (Wildman–Crippen LogP) is 5.23. The van der Waals surface area contributed by atoms with Crippen molar-refractivity contribution in [2.45, 2.75) is 38.5 Å². The number of aryl methyl sites for hydroxylation is 1. The zero-order valence-electron chi connectivity index (χ0n) is 15.9. The van der Waals surface area contributed by atoms with E-state index in [4.69, 9.17) is 16.3 Å². The molecule has 0 atom stereocenters. The number of nitrogens with zero attached hydrogens (tertiary/aromatic N) is 3. The Balaban J connectivity index is 1.34. The number of benzene rings is 1. The van der Waals surface area contributed by atoms with Crippen LogP contribution in [0.3, 0.4) is 0 Å². The van der Waals surface area contributed by atoms with Gasteiger partial charge in [0.2, 0.25) is 0 Å². The number of ether oxygens (including phenoxy) is 1. The molecule has 29 heavy (non-hydrogen) atoms. The van der Waals surface area contributed by atoms with Gasteiger partial charge in [-0.15, -0.1) is 11.3 Å². The summed E-state index contributed by atoms with van der Waals surface area (Å²) in [5.74, 6) is 0.903. The molecule has 156 valence electrons. The molecule has 4 rings (SSSR count). The number of aliphatic imine (C=N–C) groups is 1. The number of hydrogen-bond donors (Lipinski definition) is 0. The van der Waals surface area contributed by atoms with Crippen LogP contribution in [-0.4, -0.2) is 48.0 Å². The van der Waals surface area contributed by atoms with Crippen molar-refractivity contribution in [3.8, 4) is 5.75 Å². The van der Waals surface area contributed by atoms with Gasteiger partial charge in [0.1, 0.15) is 12.4 Å². The largest absolute Gasteiger partial charge is 0.488 e. The minimum absolute atomic E-state index is 0.213. The number of rotatable bonds is 6. The molecule has 1 fully saturated rings. The number of hydrogen-bond acceptors (Lipinski definition) is 5. The van der Waals surface area contributed by atoms with Crippen molar-refractivity contribution >= 4 is 28.6 Å². The third kappa shape index (κ3) is 5.29. The van der Waals surface area contributed by atoms with Crippen molar-refractivity contribution in [1.29, 1.82) is 0 Å². The van der Waals surface area contributed by atoms with Crippen LogP contribution in [0.15, 0.2) is 23.2 Å². The van der Waals surface area contributed by atoms with Crippen LogP contribution in [-0.2, 0) is 6.61 Å². The minimum atomic E-state index is -4.14. The van der Waals surface area contributed by atoms with Gasteiger partial charge in [-0.2, -0.15) is 13.2 Å². The first-order chi connectivity index (χ1) is 13.8. The van der Waals surface area contributed by atoms with Crippen molar-refractivity contribution in [1.82, 2.24) is 9.88 Å². The molecule has 0 aliphatic carbocycles. The van der Waals surface area contributed by atoms with E-state index < -0.39 is 12.7 Å². The zero-order valence-corrected chi connectivity index (χ0v) is 17.5. The first-order valence-corrected chi connectivity index (χ1v) is 10.7. The van der Waals surface area contributed by atoms with Gasteiger partial charge in [0, 0.05) is 11.5 Å². The number of halogens is 4. The summed E-state index contributed by atoms with van der Waals surface area (Å²) in [5.41, 5.74) is 2.88. The fourth-order valence-corrected chi connectivity index (χ4v) is 4.96. The smallest absolute Gasteiger partial charge is 0.401 e. The van der Waals surface area contributed by atoms with Crippen LogP contribution >= 0.6 is 22.9 Å². The molecule has 0 radical (unpaired) electrons. The zero-order chi connectivity index (χ0) is 20.6. The van der Waals surface area contributed by atoms with Crippen LogP contribution in [0.2, 0.25) is 5.02 Å². The summed E-state index contributed by atoms with van der Waals surface area (Å²) >= 11 is 7.88. The molecule has 1 saturated heterocycles. The SMILES string of the molecule is Cc1nc(C2CCN(CC(F)(F)F)CC2)sc1COc1ccc(C2=NC2)c(Cl)c1. The number of aromatic nitrogens is 1. The lowest BCUT2D eigenvalue weighted by atomic mass is 9.97. The van der Waals surface area contributed by atoms with E-state index in [2.05, 4.69) is 9.98 Å². The molecular weight excluding hydrogens is 423 g/mol. The van der Waals surface area contributed by atoms with E-state index in [0.717, 1.165) is 33.4 Å². The molecule has 0 bridgehead atoms. The van der Waals surface area contributed by atoms with Gasteiger partial charge in [0.05, 0.1) is 39.4 Å². The van der Waals surface area contributed by atoms with E-state index in [1.165, 1.54) is 4.90 Å². The molecule has 2 aromatic rings. The van der Waals surface area contributed by atoms with Gasteiger partial charge in [-0.3, -0.25) is 9.89 Å². The molecule has 2 aliphatic rings. The van der Waals surface area contributed by atoms with Crippen molar-refractivity contribution in [2.24, 2.45) is 4.99 Å². The van der Waals surface area contributed by atoms with E-state index in [1.807, 2.05) is 19.1 Å². The Morgan fingerprint density at radius 3 is 2.62 bits per heavy atom. The van der Waals surface area contributed by atoms with Gasteiger partial charge in [-0.25, -0.2) is 4.98 Å². The van der Waals surface area contributed by atoms with Gasteiger partial charge in [0.15, 0.2) is 0 Å². The van der Waals surface area contributed by atoms with Crippen molar-refractivity contribution in [3.63, 3.8) is 0 Å². The summed E-state index contributed by atoms with van der Waals surface area (Å²) in [4.78, 5) is 11.3. The lowest BCUT2D eigenvalue weighted by Crippen LogP contribution is -2.39. The average molecular weight is 444 g/mol. The van der Waals surface area contributed by atoms with Crippen LogP contribution in [0.5, 0.6) is 5.75 Å². The highest BCUT2D eigenvalue weighted by atomic mass is 35.5. The van der Waals surface area contributed by atoms with Crippen LogP contribution in [0, 0.1) is 6.92 Å². The van der Waals surface area contributed by atoms with E-state index in [1.54, 1.807) is 17.4 Å². The highest BCUT2D eigenvalue weighted by Gasteiger charge is 2.33. The molecule has 0 saturated carbocycles. The third-order valence-corrected chi connectivity index (χ3v) is 6.79. The molecule has 9 heteroatoms. The Hall–Kier alpha value is -1.64. The van der Waals surface area contributed by atoms with Crippen molar-refractivity contribution < 1.29 is 17.9 Å². The second-order valence-corrected chi connectivity index (χ2v) is 8.94. The Morgan fingerprint density at radius 1 is 1.28 bits per heavy atom. The number of likely N-dealkylation sites (tertiary alicyclic amines) is 1. The molecule has 0 unspecified atom stereocenters. The van der Waals surface area contributed by atoms with Crippen molar-refractivity contribution in [3.05, 3.63) is 44.4 Å². The lowest BCUT2D eigenvalue weighted by molar-refractivity contribution is -0.147. The molecule has 2 aliphatic heterocycles. The van der Waals surface area contributed by atoms with Gasteiger partial charge < -0.3 is 4.74 Å². The number of piperidine rings is 1.